The molecule has 0 saturated carbocycles. The number of carbonyl (C=O) groups excluding carboxylic acids is 1. The van der Waals surface area contributed by atoms with Gasteiger partial charge in [0.05, 0.1) is 31.2 Å². The SMILES string of the molecule is COc1ccc(OC)c(NC(=O)CSc2ncnc3c2[nH]c2ccc(F)cc23)c1. The number of fused-ring (bicyclic) bond motifs is 3. The van der Waals surface area contributed by atoms with E-state index in [2.05, 4.69) is 20.3 Å². The molecule has 0 fully saturated rings. The minimum absolute atomic E-state index is 0.121. The van der Waals surface area contributed by atoms with E-state index in [1.807, 2.05) is 0 Å². The van der Waals surface area contributed by atoms with Crippen LogP contribution in [-0.4, -0.2) is 40.8 Å². The number of thioether (sulfide) groups is 1. The summed E-state index contributed by atoms with van der Waals surface area (Å²) >= 11 is 1.26. The third kappa shape index (κ3) is 3.81. The first kappa shape index (κ1) is 19.0. The molecule has 29 heavy (non-hydrogen) atoms. The molecular formula is C20H17FN4O3S. The summed E-state index contributed by atoms with van der Waals surface area (Å²) in [6.45, 7) is 0. The minimum Gasteiger partial charge on any atom is -0.497 e. The molecule has 148 valence electrons. The number of amides is 1. The van der Waals surface area contributed by atoms with Crippen LogP contribution in [0.4, 0.5) is 10.1 Å². The summed E-state index contributed by atoms with van der Waals surface area (Å²) in [4.78, 5) is 24.2. The minimum atomic E-state index is -0.335. The van der Waals surface area contributed by atoms with Crippen molar-refractivity contribution in [2.45, 2.75) is 5.03 Å². The highest BCUT2D eigenvalue weighted by Crippen LogP contribution is 2.31. The lowest BCUT2D eigenvalue weighted by Gasteiger charge is -2.11. The van der Waals surface area contributed by atoms with Crippen molar-refractivity contribution >= 4 is 45.3 Å². The lowest BCUT2D eigenvalue weighted by Crippen LogP contribution is -2.15. The van der Waals surface area contributed by atoms with Crippen molar-refractivity contribution in [2.75, 3.05) is 25.3 Å². The molecule has 0 bridgehead atoms. The molecule has 4 rings (SSSR count). The maximum absolute atomic E-state index is 13.6. The zero-order valence-corrected chi connectivity index (χ0v) is 16.5. The number of carbonyl (C=O) groups is 1. The summed E-state index contributed by atoms with van der Waals surface area (Å²) in [5.74, 6) is 0.701. The highest BCUT2D eigenvalue weighted by Gasteiger charge is 2.14. The molecule has 2 aromatic carbocycles. The normalized spacial score (nSPS) is 11.0. The van der Waals surface area contributed by atoms with E-state index in [1.54, 1.807) is 31.4 Å². The second-order valence-electron chi connectivity index (χ2n) is 6.12. The van der Waals surface area contributed by atoms with E-state index in [-0.39, 0.29) is 17.5 Å². The third-order valence-electron chi connectivity index (χ3n) is 4.33. The molecule has 0 aliphatic rings. The Hall–Kier alpha value is -3.33. The molecular weight excluding hydrogens is 395 g/mol. The smallest absolute Gasteiger partial charge is 0.234 e. The Kier molecular flexibility index (Phi) is 5.22. The average molecular weight is 412 g/mol. The van der Waals surface area contributed by atoms with Crippen molar-refractivity contribution in [3.05, 3.63) is 48.5 Å². The number of aromatic nitrogens is 3. The molecule has 2 aromatic heterocycles. The van der Waals surface area contributed by atoms with E-state index in [9.17, 15) is 9.18 Å². The van der Waals surface area contributed by atoms with Crippen LogP contribution in [-0.2, 0) is 4.79 Å². The molecule has 4 aromatic rings. The largest absolute Gasteiger partial charge is 0.497 e. The number of hydrogen-bond acceptors (Lipinski definition) is 6. The van der Waals surface area contributed by atoms with Crippen molar-refractivity contribution in [1.29, 1.82) is 0 Å². The third-order valence-corrected chi connectivity index (χ3v) is 5.32. The molecule has 0 spiro atoms. The Balaban J connectivity index is 1.54. The zero-order valence-electron chi connectivity index (χ0n) is 15.7. The molecule has 0 aliphatic carbocycles. The molecule has 0 saturated heterocycles. The second-order valence-corrected chi connectivity index (χ2v) is 7.08. The van der Waals surface area contributed by atoms with Crippen LogP contribution in [0, 0.1) is 5.82 Å². The van der Waals surface area contributed by atoms with Gasteiger partial charge in [-0.05, 0) is 30.3 Å². The highest BCUT2D eigenvalue weighted by molar-refractivity contribution is 8.00. The number of nitrogens with one attached hydrogen (secondary N) is 2. The number of nitrogens with zero attached hydrogens (tertiary/aromatic N) is 2. The Morgan fingerprint density at radius 1 is 1.17 bits per heavy atom. The molecule has 0 radical (unpaired) electrons. The van der Waals surface area contributed by atoms with Crippen LogP contribution in [0.2, 0.25) is 0 Å². The highest BCUT2D eigenvalue weighted by atomic mass is 32.2. The fourth-order valence-corrected chi connectivity index (χ4v) is 3.74. The second kappa shape index (κ2) is 7.96. The van der Waals surface area contributed by atoms with Gasteiger partial charge in [0.15, 0.2) is 0 Å². The van der Waals surface area contributed by atoms with Crippen molar-refractivity contribution in [2.24, 2.45) is 0 Å². The van der Waals surface area contributed by atoms with Crippen LogP contribution in [0.15, 0.2) is 47.8 Å². The number of H-pyrrole nitrogens is 1. The van der Waals surface area contributed by atoms with Crippen molar-refractivity contribution in [3.63, 3.8) is 0 Å². The van der Waals surface area contributed by atoms with Crippen molar-refractivity contribution in [1.82, 2.24) is 15.0 Å². The summed E-state index contributed by atoms with van der Waals surface area (Å²) in [6, 6.07) is 9.63. The molecule has 7 nitrogen and oxygen atoms in total. The van der Waals surface area contributed by atoms with Gasteiger partial charge in [0.1, 0.15) is 34.2 Å². The lowest BCUT2D eigenvalue weighted by molar-refractivity contribution is -0.113. The van der Waals surface area contributed by atoms with Crippen LogP contribution in [0.5, 0.6) is 11.5 Å². The standard InChI is InChI=1S/C20H17FN4O3S/c1-27-12-4-6-16(28-2)15(8-12)24-17(26)9-29-20-19-18(22-10-23-20)13-7-11(21)3-5-14(13)25-19/h3-8,10,25H,9H2,1-2H3,(H,24,26). The molecule has 1 amide bonds. The van der Waals surface area contributed by atoms with Gasteiger partial charge < -0.3 is 19.8 Å². The molecule has 2 N–H and O–H groups in total. The van der Waals surface area contributed by atoms with Gasteiger partial charge in [-0.2, -0.15) is 0 Å². The van der Waals surface area contributed by atoms with E-state index in [1.165, 1.54) is 37.3 Å². The Morgan fingerprint density at radius 2 is 2.03 bits per heavy atom. The van der Waals surface area contributed by atoms with Crippen LogP contribution in [0.25, 0.3) is 21.9 Å². The number of methoxy groups -OCH3 is 2. The Labute approximate surface area is 169 Å². The maximum atomic E-state index is 13.6. The Bertz CT molecular complexity index is 1210. The summed E-state index contributed by atoms with van der Waals surface area (Å²) in [6.07, 6.45) is 1.41. The monoisotopic (exact) mass is 412 g/mol. The number of rotatable bonds is 6. The van der Waals surface area contributed by atoms with Gasteiger partial charge >= 0.3 is 0 Å². The number of anilines is 1. The maximum Gasteiger partial charge on any atom is 0.234 e. The van der Waals surface area contributed by atoms with E-state index in [4.69, 9.17) is 9.47 Å². The van der Waals surface area contributed by atoms with Crippen LogP contribution < -0.4 is 14.8 Å². The van der Waals surface area contributed by atoms with Crippen molar-refractivity contribution in [3.8, 4) is 11.5 Å². The first-order valence-electron chi connectivity index (χ1n) is 8.65. The zero-order chi connectivity index (χ0) is 20.4. The van der Waals surface area contributed by atoms with Gasteiger partial charge in [-0.15, -0.1) is 0 Å². The Morgan fingerprint density at radius 3 is 2.83 bits per heavy atom. The van der Waals surface area contributed by atoms with Gasteiger partial charge in [-0.3, -0.25) is 4.79 Å². The first-order chi connectivity index (χ1) is 14.1. The van der Waals surface area contributed by atoms with Crippen LogP contribution in [0.1, 0.15) is 0 Å². The van der Waals surface area contributed by atoms with Gasteiger partial charge in [-0.25, -0.2) is 14.4 Å². The van der Waals surface area contributed by atoms with Crippen LogP contribution in [0.3, 0.4) is 0 Å². The number of halogens is 1. The van der Waals surface area contributed by atoms with Gasteiger partial charge in [0, 0.05) is 17.0 Å². The molecule has 0 unspecified atom stereocenters. The average Bonchev–Trinajstić information content (AvgIpc) is 3.10. The fraction of sp³-hybridized carbons (Fsp3) is 0.150. The summed E-state index contributed by atoms with van der Waals surface area (Å²) < 4.78 is 24.1. The number of hydrogen-bond donors (Lipinski definition) is 2. The van der Waals surface area contributed by atoms with Crippen LogP contribution >= 0.6 is 11.8 Å². The van der Waals surface area contributed by atoms with Crippen molar-refractivity contribution < 1.29 is 18.7 Å². The summed E-state index contributed by atoms with van der Waals surface area (Å²) in [5.41, 5.74) is 2.57. The summed E-state index contributed by atoms with van der Waals surface area (Å²) in [5, 5.41) is 4.11. The van der Waals surface area contributed by atoms with Gasteiger partial charge in [0.2, 0.25) is 5.91 Å². The van der Waals surface area contributed by atoms with E-state index in [0.717, 1.165) is 5.52 Å². The molecule has 0 aliphatic heterocycles. The quantitative estimate of drug-likeness (QED) is 0.368. The number of ether oxygens (including phenoxy) is 2. The lowest BCUT2D eigenvalue weighted by atomic mass is 10.2. The van der Waals surface area contributed by atoms with E-state index < -0.39 is 0 Å². The van der Waals surface area contributed by atoms with Gasteiger partial charge in [-0.1, -0.05) is 11.8 Å². The number of benzene rings is 2. The summed E-state index contributed by atoms with van der Waals surface area (Å²) in [7, 11) is 3.08. The first-order valence-corrected chi connectivity index (χ1v) is 9.64. The molecule has 0 atom stereocenters. The number of aromatic amines is 1. The fourth-order valence-electron chi connectivity index (χ4n) is 2.98. The topological polar surface area (TPSA) is 89.1 Å². The predicted molar refractivity (Wildman–Crippen MR) is 110 cm³/mol. The molecule has 2 heterocycles. The van der Waals surface area contributed by atoms with Gasteiger partial charge in [0.25, 0.3) is 0 Å². The van der Waals surface area contributed by atoms with E-state index in [0.29, 0.717) is 38.6 Å². The molecule has 9 heteroatoms. The predicted octanol–water partition coefficient (Wildman–Crippen LogP) is 4.00. The van der Waals surface area contributed by atoms with E-state index >= 15 is 0 Å².